The largest absolute Gasteiger partial charge is 0.586 e. The molecule has 1 aromatic carbocycles. The topological polar surface area (TPSA) is 44.8 Å². The molecule has 126 valence electrons. The molecular formula is C17H20F2O4. The number of rotatable bonds is 4. The summed E-state index contributed by atoms with van der Waals surface area (Å²) in [5, 5.41) is 0. The monoisotopic (exact) mass is 326 g/mol. The highest BCUT2D eigenvalue weighted by atomic mass is 19.3. The highest BCUT2D eigenvalue weighted by Crippen LogP contribution is 2.44. The van der Waals surface area contributed by atoms with Gasteiger partial charge in [-0.25, -0.2) is 0 Å². The van der Waals surface area contributed by atoms with E-state index in [1.807, 2.05) is 6.07 Å². The molecule has 0 N–H and O–H groups in total. The summed E-state index contributed by atoms with van der Waals surface area (Å²) < 4.78 is 40.0. The number of carbonyl (C=O) groups is 1. The van der Waals surface area contributed by atoms with Crippen LogP contribution in [0, 0.1) is 5.92 Å². The van der Waals surface area contributed by atoms with Gasteiger partial charge in [0.1, 0.15) is 0 Å². The van der Waals surface area contributed by atoms with Gasteiger partial charge in [-0.15, -0.1) is 8.78 Å². The van der Waals surface area contributed by atoms with E-state index in [2.05, 4.69) is 9.47 Å². The Hall–Kier alpha value is -1.85. The van der Waals surface area contributed by atoms with Gasteiger partial charge in [-0.1, -0.05) is 6.07 Å². The molecule has 1 aliphatic carbocycles. The van der Waals surface area contributed by atoms with Crippen LogP contribution in [-0.2, 0) is 9.53 Å². The number of hydrogen-bond acceptors (Lipinski definition) is 4. The molecule has 0 saturated heterocycles. The predicted molar refractivity (Wildman–Crippen MR) is 78.6 cm³/mol. The average Bonchev–Trinajstić information content (AvgIpc) is 2.81. The van der Waals surface area contributed by atoms with Crippen LogP contribution in [-0.4, -0.2) is 18.9 Å². The second-order valence-electron chi connectivity index (χ2n) is 6.10. The van der Waals surface area contributed by atoms with E-state index in [4.69, 9.17) is 4.74 Å². The summed E-state index contributed by atoms with van der Waals surface area (Å²) in [5.41, 5.74) is 0.986. The Morgan fingerprint density at radius 2 is 1.91 bits per heavy atom. The zero-order valence-electron chi connectivity index (χ0n) is 13.0. The Kier molecular flexibility index (Phi) is 4.41. The number of esters is 1. The molecule has 0 bridgehead atoms. The van der Waals surface area contributed by atoms with E-state index in [1.165, 1.54) is 6.07 Å². The predicted octanol–water partition coefficient (Wildman–Crippen LogP) is 4.24. The molecule has 1 saturated carbocycles. The van der Waals surface area contributed by atoms with Gasteiger partial charge in [0, 0.05) is 6.42 Å². The summed E-state index contributed by atoms with van der Waals surface area (Å²) in [5.74, 6) is 0.692. The Labute approximate surface area is 133 Å². The molecule has 1 fully saturated rings. The molecule has 0 unspecified atom stereocenters. The highest BCUT2D eigenvalue weighted by molar-refractivity contribution is 5.69. The molecule has 3 rings (SSSR count). The maximum absolute atomic E-state index is 13.1. The van der Waals surface area contributed by atoms with Gasteiger partial charge >= 0.3 is 12.3 Å². The van der Waals surface area contributed by atoms with Gasteiger partial charge in [-0.2, -0.15) is 0 Å². The maximum Gasteiger partial charge on any atom is 0.586 e. The Bertz CT molecular complexity index is 580. The fraction of sp³-hybridized carbons (Fsp3) is 0.588. The van der Waals surface area contributed by atoms with Gasteiger partial charge < -0.3 is 14.2 Å². The first kappa shape index (κ1) is 16.0. The van der Waals surface area contributed by atoms with Crippen molar-refractivity contribution in [2.75, 3.05) is 6.61 Å². The molecule has 2 aliphatic rings. The molecule has 0 radical (unpaired) electrons. The molecule has 1 heterocycles. The van der Waals surface area contributed by atoms with Crippen molar-refractivity contribution in [3.05, 3.63) is 23.8 Å². The molecule has 6 heteroatoms. The molecule has 1 aliphatic heterocycles. The summed E-state index contributed by atoms with van der Waals surface area (Å²) in [6.07, 6.45) is 0.633. The SMILES string of the molecule is CCOC(=O)CC1CCC(c2ccc3c(c2)OC(F)(F)O3)CC1. The van der Waals surface area contributed by atoms with Crippen LogP contribution in [0.1, 0.15) is 50.5 Å². The number of fused-ring (bicyclic) bond motifs is 1. The zero-order valence-corrected chi connectivity index (χ0v) is 13.0. The first-order chi connectivity index (χ1) is 11.0. The van der Waals surface area contributed by atoms with Crippen LogP contribution in [0.15, 0.2) is 18.2 Å². The van der Waals surface area contributed by atoms with E-state index in [0.717, 1.165) is 31.2 Å². The van der Waals surface area contributed by atoms with Crippen LogP contribution in [0.25, 0.3) is 0 Å². The van der Waals surface area contributed by atoms with E-state index < -0.39 is 6.29 Å². The van der Waals surface area contributed by atoms with Gasteiger partial charge in [-0.05, 0) is 62.1 Å². The lowest BCUT2D eigenvalue weighted by atomic mass is 9.77. The molecule has 0 amide bonds. The van der Waals surface area contributed by atoms with Crippen LogP contribution < -0.4 is 9.47 Å². The van der Waals surface area contributed by atoms with Crippen molar-refractivity contribution in [3.8, 4) is 11.5 Å². The maximum atomic E-state index is 13.1. The van der Waals surface area contributed by atoms with Crippen molar-refractivity contribution >= 4 is 5.97 Å². The van der Waals surface area contributed by atoms with Crippen molar-refractivity contribution in [2.24, 2.45) is 5.92 Å². The highest BCUT2D eigenvalue weighted by Gasteiger charge is 2.43. The fourth-order valence-corrected chi connectivity index (χ4v) is 3.38. The van der Waals surface area contributed by atoms with Crippen molar-refractivity contribution in [3.63, 3.8) is 0 Å². The van der Waals surface area contributed by atoms with Crippen LogP contribution in [0.2, 0.25) is 0 Å². The molecule has 23 heavy (non-hydrogen) atoms. The summed E-state index contributed by atoms with van der Waals surface area (Å²) in [7, 11) is 0. The van der Waals surface area contributed by atoms with Gasteiger partial charge in [-0.3, -0.25) is 4.79 Å². The van der Waals surface area contributed by atoms with Crippen molar-refractivity contribution < 1.29 is 27.8 Å². The third-order valence-electron chi connectivity index (χ3n) is 4.50. The summed E-state index contributed by atoms with van der Waals surface area (Å²) in [4.78, 5) is 11.5. The molecule has 0 spiro atoms. The number of halogens is 2. The molecule has 1 aromatic rings. The van der Waals surface area contributed by atoms with Crippen molar-refractivity contribution in [1.29, 1.82) is 0 Å². The standard InChI is InChI=1S/C17H20F2O4/c1-2-21-16(20)9-11-3-5-12(6-4-11)13-7-8-14-15(10-13)23-17(18,19)22-14/h7-8,10-12H,2-6,9H2,1H3. The van der Waals surface area contributed by atoms with E-state index in [9.17, 15) is 13.6 Å². The van der Waals surface area contributed by atoms with E-state index in [-0.39, 0.29) is 17.5 Å². The Morgan fingerprint density at radius 3 is 2.61 bits per heavy atom. The average molecular weight is 326 g/mol. The number of alkyl halides is 2. The van der Waals surface area contributed by atoms with E-state index in [0.29, 0.717) is 24.9 Å². The lowest BCUT2D eigenvalue weighted by Crippen LogP contribution is -2.25. The summed E-state index contributed by atoms with van der Waals surface area (Å²) >= 11 is 0. The Balaban J connectivity index is 1.58. The van der Waals surface area contributed by atoms with Gasteiger partial charge in [0.05, 0.1) is 6.61 Å². The third-order valence-corrected chi connectivity index (χ3v) is 4.50. The Morgan fingerprint density at radius 1 is 1.22 bits per heavy atom. The first-order valence-corrected chi connectivity index (χ1v) is 8.02. The lowest BCUT2D eigenvalue weighted by Gasteiger charge is -2.28. The van der Waals surface area contributed by atoms with E-state index >= 15 is 0 Å². The lowest BCUT2D eigenvalue weighted by molar-refractivity contribution is -0.286. The van der Waals surface area contributed by atoms with Crippen molar-refractivity contribution in [1.82, 2.24) is 0 Å². The minimum atomic E-state index is -3.57. The quantitative estimate of drug-likeness (QED) is 0.777. The number of benzene rings is 1. The first-order valence-electron chi connectivity index (χ1n) is 8.02. The molecule has 0 atom stereocenters. The van der Waals surface area contributed by atoms with Gasteiger partial charge in [0.2, 0.25) is 0 Å². The van der Waals surface area contributed by atoms with Crippen LogP contribution in [0.5, 0.6) is 11.5 Å². The molecular weight excluding hydrogens is 306 g/mol. The normalized spacial score (nSPS) is 25.2. The third kappa shape index (κ3) is 3.74. The fourth-order valence-electron chi connectivity index (χ4n) is 3.38. The molecule has 4 nitrogen and oxygen atoms in total. The van der Waals surface area contributed by atoms with E-state index in [1.54, 1.807) is 13.0 Å². The van der Waals surface area contributed by atoms with Crippen molar-refractivity contribution in [2.45, 2.75) is 51.2 Å². The minimum absolute atomic E-state index is 0.0785. The van der Waals surface area contributed by atoms with Crippen LogP contribution in [0.4, 0.5) is 8.78 Å². The zero-order chi connectivity index (χ0) is 16.4. The van der Waals surface area contributed by atoms with Gasteiger partial charge in [0.25, 0.3) is 0 Å². The second kappa shape index (κ2) is 6.34. The molecule has 0 aromatic heterocycles. The smallest absolute Gasteiger partial charge is 0.466 e. The summed E-state index contributed by atoms with van der Waals surface area (Å²) in [6, 6.07) is 5.00. The van der Waals surface area contributed by atoms with Crippen LogP contribution >= 0.6 is 0 Å². The number of ether oxygens (including phenoxy) is 3. The van der Waals surface area contributed by atoms with Crippen LogP contribution in [0.3, 0.4) is 0 Å². The van der Waals surface area contributed by atoms with Gasteiger partial charge in [0.15, 0.2) is 11.5 Å². The number of hydrogen-bond donors (Lipinski definition) is 0. The second-order valence-corrected chi connectivity index (χ2v) is 6.10. The number of carbonyl (C=O) groups excluding carboxylic acids is 1. The summed E-state index contributed by atoms with van der Waals surface area (Å²) in [6.45, 7) is 2.22. The minimum Gasteiger partial charge on any atom is -0.466 e.